The lowest BCUT2D eigenvalue weighted by Gasteiger charge is -2.32. The Hall–Kier alpha value is -2.58. The molecule has 1 aliphatic carbocycles. The second kappa shape index (κ2) is 12.5. The van der Waals surface area contributed by atoms with Crippen molar-refractivity contribution in [1.29, 1.82) is 0 Å². The summed E-state index contributed by atoms with van der Waals surface area (Å²) in [5.41, 5.74) is 6.57. The molecule has 0 unspecified atom stereocenters. The highest BCUT2D eigenvalue weighted by Crippen LogP contribution is 2.49. The van der Waals surface area contributed by atoms with Crippen molar-refractivity contribution in [1.82, 2.24) is 9.47 Å². The third kappa shape index (κ3) is 5.49. The maximum absolute atomic E-state index is 9.97. The third-order valence-corrected chi connectivity index (χ3v) is 9.29. The molecule has 216 valence electrons. The maximum atomic E-state index is 9.97. The van der Waals surface area contributed by atoms with Gasteiger partial charge in [0, 0.05) is 48.8 Å². The molecular weight excluding hydrogens is 502 g/mol. The van der Waals surface area contributed by atoms with Crippen LogP contribution in [0.4, 0.5) is 5.69 Å². The van der Waals surface area contributed by atoms with Crippen molar-refractivity contribution in [2.45, 2.75) is 70.1 Å². The molecule has 0 bridgehead atoms. The first-order chi connectivity index (χ1) is 19.7. The number of methoxy groups -OCH3 is 1. The standard InChI is InChI=1S/C33H45N3O4/c1-39-21-19-35(18-17-34-15-6-3-7-16-34)28-12-8-11-27-31-30(24-9-4-2-5-10-24)26-14-13-25(33(37)38)23-29(26)36(31)20-22-40-32(27)28/h8,11-14,23-24,33,37-38H,2-7,9-10,15-22H2,1H3. The van der Waals surface area contributed by atoms with Crippen molar-refractivity contribution < 1.29 is 19.7 Å². The summed E-state index contributed by atoms with van der Waals surface area (Å²) in [4.78, 5) is 5.05. The van der Waals surface area contributed by atoms with E-state index in [2.05, 4.69) is 38.6 Å². The second-order valence-corrected chi connectivity index (χ2v) is 11.8. The van der Waals surface area contributed by atoms with E-state index in [-0.39, 0.29) is 0 Å². The number of hydrogen-bond acceptors (Lipinski definition) is 6. The smallest absolute Gasteiger partial charge is 0.178 e. The van der Waals surface area contributed by atoms with Crippen LogP contribution in [-0.2, 0) is 11.3 Å². The summed E-state index contributed by atoms with van der Waals surface area (Å²) < 4.78 is 14.5. The van der Waals surface area contributed by atoms with E-state index in [0.717, 1.165) is 48.7 Å². The third-order valence-electron chi connectivity index (χ3n) is 9.29. The molecule has 7 heteroatoms. The molecule has 3 heterocycles. The highest BCUT2D eigenvalue weighted by Gasteiger charge is 2.31. The summed E-state index contributed by atoms with van der Waals surface area (Å²) in [5, 5.41) is 21.2. The molecule has 3 aromatic rings. The minimum Gasteiger partial charge on any atom is -0.489 e. The quantitative estimate of drug-likeness (QED) is 0.337. The molecule has 3 aliphatic rings. The van der Waals surface area contributed by atoms with Crippen molar-refractivity contribution in [3.05, 3.63) is 47.5 Å². The van der Waals surface area contributed by atoms with Gasteiger partial charge in [-0.05, 0) is 68.5 Å². The zero-order valence-corrected chi connectivity index (χ0v) is 24.0. The highest BCUT2D eigenvalue weighted by molar-refractivity contribution is 5.95. The largest absolute Gasteiger partial charge is 0.489 e. The van der Waals surface area contributed by atoms with Crippen LogP contribution < -0.4 is 9.64 Å². The predicted molar refractivity (Wildman–Crippen MR) is 160 cm³/mol. The fourth-order valence-electron chi connectivity index (χ4n) is 7.23. The van der Waals surface area contributed by atoms with Crippen LogP contribution in [0.2, 0.25) is 0 Å². The molecule has 40 heavy (non-hydrogen) atoms. The van der Waals surface area contributed by atoms with Gasteiger partial charge in [-0.1, -0.05) is 43.9 Å². The van der Waals surface area contributed by atoms with E-state index in [1.54, 1.807) is 7.11 Å². The van der Waals surface area contributed by atoms with Gasteiger partial charge in [0.1, 0.15) is 6.61 Å². The summed E-state index contributed by atoms with van der Waals surface area (Å²) in [6.07, 6.45) is 8.68. The van der Waals surface area contributed by atoms with E-state index < -0.39 is 6.29 Å². The maximum Gasteiger partial charge on any atom is 0.178 e. The van der Waals surface area contributed by atoms with Crippen LogP contribution in [0.1, 0.15) is 74.7 Å². The van der Waals surface area contributed by atoms with Crippen molar-refractivity contribution in [2.75, 3.05) is 57.9 Å². The van der Waals surface area contributed by atoms with E-state index in [1.165, 1.54) is 81.1 Å². The van der Waals surface area contributed by atoms with Crippen molar-refractivity contribution in [3.8, 4) is 17.0 Å². The van der Waals surface area contributed by atoms with Crippen LogP contribution >= 0.6 is 0 Å². The van der Waals surface area contributed by atoms with E-state index in [4.69, 9.17) is 9.47 Å². The molecule has 0 amide bonds. The number of aliphatic hydroxyl groups excluding tert-OH is 1. The van der Waals surface area contributed by atoms with Crippen LogP contribution in [0.25, 0.3) is 22.2 Å². The Morgan fingerprint density at radius 2 is 1.77 bits per heavy atom. The number of rotatable bonds is 9. The number of aromatic nitrogens is 1. The number of piperidine rings is 1. The molecule has 1 aromatic heterocycles. The number of anilines is 1. The van der Waals surface area contributed by atoms with Crippen LogP contribution in [0.5, 0.6) is 5.75 Å². The van der Waals surface area contributed by atoms with Gasteiger partial charge >= 0.3 is 0 Å². The highest BCUT2D eigenvalue weighted by atomic mass is 16.5. The van der Waals surface area contributed by atoms with Gasteiger partial charge in [0.25, 0.3) is 0 Å². The number of aliphatic hydroxyl groups is 2. The SMILES string of the molecule is COCCN(CCN1CCCCC1)c1cccc2c1OCCn1c-2c(C2CCCCC2)c2ccc(C(O)O)cc21. The molecule has 2 aromatic carbocycles. The average Bonchev–Trinajstić information content (AvgIpc) is 3.18. The summed E-state index contributed by atoms with van der Waals surface area (Å²) in [5.74, 6) is 1.47. The number of fused-ring (bicyclic) bond motifs is 5. The molecule has 2 aliphatic heterocycles. The van der Waals surface area contributed by atoms with E-state index >= 15 is 0 Å². The molecule has 6 rings (SSSR count). The summed E-state index contributed by atoms with van der Waals surface area (Å²) in [7, 11) is 1.78. The monoisotopic (exact) mass is 547 g/mol. The van der Waals surface area contributed by atoms with Gasteiger partial charge < -0.3 is 34.1 Å². The summed E-state index contributed by atoms with van der Waals surface area (Å²) >= 11 is 0. The minimum atomic E-state index is -1.48. The summed E-state index contributed by atoms with van der Waals surface area (Å²) in [6.45, 7) is 7.16. The fourth-order valence-corrected chi connectivity index (χ4v) is 7.23. The summed E-state index contributed by atoms with van der Waals surface area (Å²) in [6, 6.07) is 12.6. The first kappa shape index (κ1) is 27.6. The normalized spacial score (nSPS) is 18.4. The van der Waals surface area contributed by atoms with Crippen LogP contribution in [0.15, 0.2) is 36.4 Å². The van der Waals surface area contributed by atoms with Gasteiger partial charge in [0.05, 0.1) is 24.5 Å². The van der Waals surface area contributed by atoms with Crippen molar-refractivity contribution in [3.63, 3.8) is 0 Å². The Morgan fingerprint density at radius 1 is 0.975 bits per heavy atom. The molecule has 2 fully saturated rings. The molecule has 7 nitrogen and oxygen atoms in total. The Morgan fingerprint density at radius 3 is 2.55 bits per heavy atom. The number of hydrogen-bond donors (Lipinski definition) is 2. The van der Waals surface area contributed by atoms with Crippen LogP contribution in [-0.4, -0.2) is 72.7 Å². The first-order valence-corrected chi connectivity index (χ1v) is 15.4. The van der Waals surface area contributed by atoms with Gasteiger partial charge in [0.2, 0.25) is 0 Å². The lowest BCUT2D eigenvalue weighted by atomic mass is 9.81. The molecule has 0 atom stereocenters. The lowest BCUT2D eigenvalue weighted by molar-refractivity contribution is -0.0424. The topological polar surface area (TPSA) is 70.3 Å². The van der Waals surface area contributed by atoms with Gasteiger partial charge in [-0.15, -0.1) is 0 Å². The van der Waals surface area contributed by atoms with Gasteiger partial charge in [-0.25, -0.2) is 0 Å². The van der Waals surface area contributed by atoms with E-state index in [1.807, 2.05) is 12.1 Å². The van der Waals surface area contributed by atoms with Gasteiger partial charge in [-0.2, -0.15) is 0 Å². The predicted octanol–water partition coefficient (Wildman–Crippen LogP) is 5.67. The molecular formula is C33H45N3O4. The number of ether oxygens (including phenoxy) is 2. The zero-order valence-electron chi connectivity index (χ0n) is 24.0. The minimum absolute atomic E-state index is 0.496. The van der Waals surface area contributed by atoms with E-state index in [0.29, 0.717) is 24.7 Å². The van der Waals surface area contributed by atoms with Crippen molar-refractivity contribution in [2.24, 2.45) is 0 Å². The van der Waals surface area contributed by atoms with Crippen LogP contribution in [0.3, 0.4) is 0 Å². The Kier molecular flexibility index (Phi) is 8.63. The molecule has 1 saturated heterocycles. The van der Waals surface area contributed by atoms with E-state index in [9.17, 15) is 10.2 Å². The van der Waals surface area contributed by atoms with Gasteiger partial charge in [-0.3, -0.25) is 0 Å². The number of para-hydroxylation sites is 1. The number of benzene rings is 2. The fraction of sp³-hybridized carbons (Fsp3) is 0.576. The van der Waals surface area contributed by atoms with Crippen LogP contribution in [0, 0.1) is 0 Å². The lowest BCUT2D eigenvalue weighted by Crippen LogP contribution is -2.39. The Bertz CT molecular complexity index is 1290. The Labute approximate surface area is 238 Å². The molecule has 1 saturated carbocycles. The Balaban J connectivity index is 1.46. The van der Waals surface area contributed by atoms with Crippen molar-refractivity contribution >= 4 is 16.6 Å². The molecule has 0 spiro atoms. The second-order valence-electron chi connectivity index (χ2n) is 11.8. The molecule has 0 radical (unpaired) electrons. The number of likely N-dealkylation sites (tertiary alicyclic amines) is 1. The zero-order chi connectivity index (χ0) is 27.5. The molecule has 2 N–H and O–H groups in total. The van der Waals surface area contributed by atoms with Gasteiger partial charge in [0.15, 0.2) is 12.0 Å². The number of nitrogens with zero attached hydrogens (tertiary/aromatic N) is 3. The first-order valence-electron chi connectivity index (χ1n) is 15.4. The average molecular weight is 548 g/mol.